The Morgan fingerprint density at radius 3 is 2.65 bits per heavy atom. The van der Waals surface area contributed by atoms with Gasteiger partial charge in [-0.05, 0) is 44.7 Å². The van der Waals surface area contributed by atoms with Crippen molar-refractivity contribution < 1.29 is 19.1 Å². The molecular weight excluding hydrogens is 332 g/mol. The molecule has 1 fully saturated rings. The predicted octanol–water partition coefficient (Wildman–Crippen LogP) is 2.64. The minimum absolute atomic E-state index is 0.0739. The molecule has 0 bridgehead atoms. The van der Waals surface area contributed by atoms with E-state index in [1.807, 2.05) is 45.0 Å². The molecule has 1 aromatic carbocycles. The Bertz CT molecular complexity index is 662. The van der Waals surface area contributed by atoms with Crippen LogP contribution in [0.2, 0.25) is 0 Å². The van der Waals surface area contributed by atoms with Gasteiger partial charge in [0.1, 0.15) is 11.6 Å². The molecular formula is C20H28N2O4. The molecule has 6 heteroatoms. The van der Waals surface area contributed by atoms with Crippen molar-refractivity contribution in [1.29, 1.82) is 0 Å². The summed E-state index contributed by atoms with van der Waals surface area (Å²) in [5.41, 5.74) is 1.55. The molecule has 6 nitrogen and oxygen atoms in total. The maximum absolute atomic E-state index is 12.8. The van der Waals surface area contributed by atoms with E-state index in [2.05, 4.69) is 5.32 Å². The van der Waals surface area contributed by atoms with Gasteiger partial charge in [0.2, 0.25) is 5.91 Å². The molecule has 3 rings (SSSR count). The van der Waals surface area contributed by atoms with Crippen LogP contribution in [0.5, 0.6) is 0 Å². The molecule has 1 saturated heterocycles. The molecule has 0 aromatic heterocycles. The second-order valence-electron chi connectivity index (χ2n) is 7.98. The largest absolute Gasteiger partial charge is 0.444 e. The minimum Gasteiger partial charge on any atom is -0.444 e. The Kier molecular flexibility index (Phi) is 5.51. The van der Waals surface area contributed by atoms with Crippen LogP contribution >= 0.6 is 0 Å². The molecule has 2 heterocycles. The van der Waals surface area contributed by atoms with Crippen molar-refractivity contribution in [2.45, 2.75) is 64.3 Å². The van der Waals surface area contributed by atoms with E-state index in [0.717, 1.165) is 30.6 Å². The highest BCUT2D eigenvalue weighted by Gasteiger charge is 2.37. The maximum Gasteiger partial charge on any atom is 0.411 e. The van der Waals surface area contributed by atoms with Crippen LogP contribution in [0, 0.1) is 0 Å². The predicted molar refractivity (Wildman–Crippen MR) is 97.7 cm³/mol. The van der Waals surface area contributed by atoms with Crippen LogP contribution in [0.15, 0.2) is 24.3 Å². The fourth-order valence-electron chi connectivity index (χ4n) is 3.41. The lowest BCUT2D eigenvalue weighted by Gasteiger charge is -2.37. The number of nitrogens with one attached hydrogen (secondary N) is 1. The molecule has 1 unspecified atom stereocenters. The van der Waals surface area contributed by atoms with Crippen molar-refractivity contribution in [3.05, 3.63) is 35.4 Å². The van der Waals surface area contributed by atoms with E-state index in [1.54, 1.807) is 4.90 Å². The summed E-state index contributed by atoms with van der Waals surface area (Å²) in [5.74, 6) is -0.152. The van der Waals surface area contributed by atoms with Gasteiger partial charge in [-0.1, -0.05) is 24.3 Å². The molecule has 2 amide bonds. The Labute approximate surface area is 154 Å². The third kappa shape index (κ3) is 4.55. The van der Waals surface area contributed by atoms with Crippen molar-refractivity contribution in [1.82, 2.24) is 10.2 Å². The lowest BCUT2D eigenvalue weighted by Crippen LogP contribution is -2.54. The highest BCUT2D eigenvalue weighted by molar-refractivity contribution is 5.86. The van der Waals surface area contributed by atoms with E-state index in [9.17, 15) is 9.59 Å². The fraction of sp³-hybridized carbons (Fsp3) is 0.600. The SMILES string of the molecule is CC(C)(C)OC(=O)N1Cc2ccccc2C[C@H]1C(=O)NCC1CCCO1. The van der Waals surface area contributed by atoms with E-state index >= 15 is 0 Å². The molecule has 1 aromatic rings. The monoisotopic (exact) mass is 360 g/mol. The number of carbonyl (C=O) groups excluding carboxylic acids is 2. The van der Waals surface area contributed by atoms with Crippen LogP contribution in [0.4, 0.5) is 4.79 Å². The second kappa shape index (κ2) is 7.66. The summed E-state index contributed by atoms with van der Waals surface area (Å²) < 4.78 is 11.1. The van der Waals surface area contributed by atoms with Gasteiger partial charge < -0.3 is 14.8 Å². The molecule has 2 aliphatic heterocycles. The maximum atomic E-state index is 12.8. The third-order valence-corrected chi connectivity index (χ3v) is 4.71. The second-order valence-corrected chi connectivity index (χ2v) is 7.98. The number of hydrogen-bond donors (Lipinski definition) is 1. The van der Waals surface area contributed by atoms with Gasteiger partial charge >= 0.3 is 6.09 Å². The smallest absolute Gasteiger partial charge is 0.411 e. The molecule has 0 aliphatic carbocycles. The molecule has 26 heavy (non-hydrogen) atoms. The first kappa shape index (κ1) is 18.7. The average molecular weight is 360 g/mol. The first-order valence-corrected chi connectivity index (χ1v) is 9.29. The first-order chi connectivity index (χ1) is 12.3. The highest BCUT2D eigenvalue weighted by Crippen LogP contribution is 2.25. The zero-order valence-corrected chi connectivity index (χ0v) is 15.8. The molecule has 0 saturated carbocycles. The Morgan fingerprint density at radius 1 is 1.27 bits per heavy atom. The number of ether oxygens (including phenoxy) is 2. The average Bonchev–Trinajstić information content (AvgIpc) is 3.10. The van der Waals surface area contributed by atoms with Crippen LogP contribution in [-0.4, -0.2) is 47.8 Å². The summed E-state index contributed by atoms with van der Waals surface area (Å²) in [6.45, 7) is 7.10. The number of nitrogens with zero attached hydrogens (tertiary/aromatic N) is 1. The lowest BCUT2D eigenvalue weighted by atomic mass is 9.93. The summed E-state index contributed by atoms with van der Waals surface area (Å²) in [5, 5.41) is 2.96. The van der Waals surface area contributed by atoms with E-state index in [1.165, 1.54) is 0 Å². The van der Waals surface area contributed by atoms with Crippen molar-refractivity contribution in [2.24, 2.45) is 0 Å². The van der Waals surface area contributed by atoms with Gasteiger partial charge in [-0.25, -0.2) is 4.79 Å². The quantitative estimate of drug-likeness (QED) is 0.900. The van der Waals surface area contributed by atoms with E-state index in [-0.39, 0.29) is 12.0 Å². The normalized spacial score (nSPS) is 22.7. The van der Waals surface area contributed by atoms with Crippen molar-refractivity contribution in [2.75, 3.05) is 13.2 Å². The fourth-order valence-corrected chi connectivity index (χ4v) is 3.41. The Balaban J connectivity index is 1.74. The summed E-state index contributed by atoms with van der Waals surface area (Å²) in [7, 11) is 0. The summed E-state index contributed by atoms with van der Waals surface area (Å²) in [6.07, 6.45) is 2.10. The number of rotatable bonds is 3. The van der Waals surface area contributed by atoms with Gasteiger partial charge in [0.05, 0.1) is 12.6 Å². The topological polar surface area (TPSA) is 67.9 Å². The zero-order valence-electron chi connectivity index (χ0n) is 15.8. The first-order valence-electron chi connectivity index (χ1n) is 9.29. The van der Waals surface area contributed by atoms with E-state index in [4.69, 9.17) is 9.47 Å². The van der Waals surface area contributed by atoms with Crippen molar-refractivity contribution in [3.63, 3.8) is 0 Å². The van der Waals surface area contributed by atoms with Gasteiger partial charge in [-0.2, -0.15) is 0 Å². The summed E-state index contributed by atoms with van der Waals surface area (Å²) >= 11 is 0. The molecule has 142 valence electrons. The number of fused-ring (bicyclic) bond motifs is 1. The number of hydrogen-bond acceptors (Lipinski definition) is 4. The standard InChI is InChI=1S/C20H28N2O4/c1-20(2,3)26-19(24)22-13-15-8-5-4-7-14(15)11-17(22)18(23)21-12-16-9-6-10-25-16/h4-5,7-8,16-17H,6,9-13H2,1-3H3,(H,21,23)/t16?,17-/m0/s1. The minimum atomic E-state index is -0.604. The van der Waals surface area contributed by atoms with Gasteiger partial charge in [0.25, 0.3) is 0 Å². The van der Waals surface area contributed by atoms with Gasteiger partial charge in [0, 0.05) is 19.6 Å². The van der Waals surface area contributed by atoms with Crippen molar-refractivity contribution in [3.8, 4) is 0 Å². The molecule has 2 aliphatic rings. The van der Waals surface area contributed by atoms with E-state index < -0.39 is 17.7 Å². The highest BCUT2D eigenvalue weighted by atomic mass is 16.6. The summed E-state index contributed by atoms with van der Waals surface area (Å²) in [6, 6.07) is 7.35. The van der Waals surface area contributed by atoms with Crippen LogP contribution in [0.1, 0.15) is 44.7 Å². The number of amides is 2. The van der Waals surface area contributed by atoms with Crippen molar-refractivity contribution >= 4 is 12.0 Å². The Hall–Kier alpha value is -2.08. The molecule has 2 atom stereocenters. The molecule has 0 radical (unpaired) electrons. The molecule has 1 N–H and O–H groups in total. The van der Waals surface area contributed by atoms with Crippen LogP contribution in [0.3, 0.4) is 0 Å². The van der Waals surface area contributed by atoms with Crippen LogP contribution < -0.4 is 5.32 Å². The number of carbonyl (C=O) groups is 2. The van der Waals surface area contributed by atoms with Gasteiger partial charge in [-0.3, -0.25) is 9.69 Å². The third-order valence-electron chi connectivity index (χ3n) is 4.71. The summed E-state index contributed by atoms with van der Waals surface area (Å²) in [4.78, 5) is 27.1. The zero-order chi connectivity index (χ0) is 18.7. The van der Waals surface area contributed by atoms with Gasteiger partial charge in [-0.15, -0.1) is 0 Å². The van der Waals surface area contributed by atoms with Gasteiger partial charge in [0.15, 0.2) is 0 Å². The molecule has 0 spiro atoms. The van der Waals surface area contributed by atoms with Crippen LogP contribution in [0.25, 0.3) is 0 Å². The van der Waals surface area contributed by atoms with Crippen LogP contribution in [-0.2, 0) is 27.2 Å². The lowest BCUT2D eigenvalue weighted by molar-refractivity contribution is -0.127. The number of benzene rings is 1. The van der Waals surface area contributed by atoms with E-state index in [0.29, 0.717) is 19.5 Å². The Morgan fingerprint density at radius 2 is 2.00 bits per heavy atom.